The minimum Gasteiger partial charge on any atom is -0.480 e. The van der Waals surface area contributed by atoms with Crippen molar-refractivity contribution in [3.05, 3.63) is 0 Å². The van der Waals surface area contributed by atoms with Crippen LogP contribution in [-0.2, 0) is 9.53 Å². The van der Waals surface area contributed by atoms with E-state index in [0.717, 1.165) is 12.8 Å². The highest BCUT2D eigenvalue weighted by Gasteiger charge is 2.18. The Balaban J connectivity index is 3.99. The zero-order valence-electron chi connectivity index (χ0n) is 15.6. The van der Waals surface area contributed by atoms with Crippen LogP contribution in [-0.4, -0.2) is 60.6 Å². The molecule has 0 saturated carbocycles. The maximum Gasteiger partial charge on any atom is 0.320 e. The number of nitrogens with one attached hydrogen (secondary N) is 1. The Morgan fingerprint density at radius 2 is 1.92 bits per heavy atom. The number of nitrogens with zero attached hydrogens (tertiary/aromatic N) is 1. The summed E-state index contributed by atoms with van der Waals surface area (Å²) in [6.07, 6.45) is 4.75. The van der Waals surface area contributed by atoms with Gasteiger partial charge in [-0.1, -0.05) is 33.1 Å². The molecule has 25 heavy (non-hydrogen) atoms. The Morgan fingerprint density at radius 1 is 1.20 bits per heavy atom. The average molecular weight is 360 g/mol. The summed E-state index contributed by atoms with van der Waals surface area (Å²) in [5.74, 6) is -0.442. The van der Waals surface area contributed by atoms with Gasteiger partial charge in [-0.15, -0.1) is 0 Å². The largest absolute Gasteiger partial charge is 0.480 e. The van der Waals surface area contributed by atoms with E-state index in [1.54, 1.807) is 0 Å². The molecular weight excluding hydrogens is 324 g/mol. The summed E-state index contributed by atoms with van der Waals surface area (Å²) in [5, 5.41) is 22.0. The number of aliphatic imine (C=N–C) groups is 1. The van der Waals surface area contributed by atoms with Gasteiger partial charge in [-0.3, -0.25) is 9.79 Å². The number of carboxylic acid groups (broad SMARTS) is 1. The second kappa shape index (κ2) is 14.9. The van der Waals surface area contributed by atoms with Crippen molar-refractivity contribution in [3.8, 4) is 0 Å². The van der Waals surface area contributed by atoms with Crippen molar-refractivity contribution in [3.63, 3.8) is 0 Å². The molecule has 0 saturated heterocycles. The monoisotopic (exact) mass is 360 g/mol. The predicted molar refractivity (Wildman–Crippen MR) is 99.5 cm³/mol. The third kappa shape index (κ3) is 13.6. The van der Waals surface area contributed by atoms with Crippen LogP contribution in [0.3, 0.4) is 0 Å². The van der Waals surface area contributed by atoms with E-state index in [1.165, 1.54) is 12.8 Å². The molecule has 8 heteroatoms. The number of hydrogen-bond acceptors (Lipinski definition) is 5. The molecule has 0 spiro atoms. The van der Waals surface area contributed by atoms with E-state index in [4.69, 9.17) is 16.2 Å². The molecule has 0 aliphatic heterocycles. The van der Waals surface area contributed by atoms with Crippen molar-refractivity contribution in [1.29, 1.82) is 0 Å². The minimum absolute atomic E-state index is 0.00303. The maximum absolute atomic E-state index is 11.2. The summed E-state index contributed by atoms with van der Waals surface area (Å²) in [5.41, 5.74) is 10.4. The highest BCUT2D eigenvalue weighted by Crippen LogP contribution is 2.12. The van der Waals surface area contributed by atoms with E-state index in [9.17, 15) is 15.0 Å². The van der Waals surface area contributed by atoms with Gasteiger partial charge in [0.05, 0.1) is 12.7 Å². The lowest BCUT2D eigenvalue weighted by Crippen LogP contribution is -2.42. The second-order valence-corrected chi connectivity index (χ2v) is 6.36. The Morgan fingerprint density at radius 3 is 2.48 bits per heavy atom. The number of rotatable bonds is 16. The summed E-state index contributed by atoms with van der Waals surface area (Å²) in [6, 6.07) is -0.739. The molecule has 0 bridgehead atoms. The smallest absolute Gasteiger partial charge is 0.320 e. The second-order valence-electron chi connectivity index (χ2n) is 6.36. The quantitative estimate of drug-likeness (QED) is 0.155. The van der Waals surface area contributed by atoms with Gasteiger partial charge in [0, 0.05) is 19.7 Å². The van der Waals surface area contributed by atoms with Crippen LogP contribution < -0.4 is 16.8 Å². The number of ether oxygens (including phenoxy) is 1. The molecule has 0 aromatic carbocycles. The molecule has 148 valence electrons. The lowest BCUT2D eigenvalue weighted by atomic mass is 10.0. The van der Waals surface area contributed by atoms with Gasteiger partial charge in [-0.2, -0.15) is 0 Å². The number of carbonyl (C=O) groups is 1. The molecule has 7 N–H and O–H groups in total. The van der Waals surface area contributed by atoms with Gasteiger partial charge in [0.15, 0.2) is 5.96 Å². The van der Waals surface area contributed by atoms with Gasteiger partial charge in [0.1, 0.15) is 6.04 Å². The first kappa shape index (κ1) is 23.6. The normalized spacial score (nSPS) is 14.7. The first-order chi connectivity index (χ1) is 11.9. The molecule has 0 radical (unpaired) electrons. The van der Waals surface area contributed by atoms with Crippen LogP contribution in [0.4, 0.5) is 0 Å². The van der Waals surface area contributed by atoms with E-state index in [1.807, 2.05) is 0 Å². The standard InChI is InChI=1S/C17H36N4O4/c1-3-5-7-13(4-2)11-25-12-14(22)10-21-15(16(23)24)8-6-9-20-17(18)19/h13-15,21-22H,3-12H2,1-2H3,(H,23,24)(H4,18,19,20)/t13?,14?,15-/m0/s1. The number of hydrogen-bond donors (Lipinski definition) is 5. The minimum atomic E-state index is -0.955. The Kier molecular flexibility index (Phi) is 14.1. The maximum atomic E-state index is 11.2. The van der Waals surface area contributed by atoms with Crippen LogP contribution in [0.25, 0.3) is 0 Å². The number of unbranched alkanes of at least 4 members (excludes halogenated alkanes) is 1. The first-order valence-electron chi connectivity index (χ1n) is 9.18. The lowest BCUT2D eigenvalue weighted by molar-refractivity contribution is -0.139. The van der Waals surface area contributed by atoms with Crippen molar-refractivity contribution < 1.29 is 19.7 Å². The van der Waals surface area contributed by atoms with Gasteiger partial charge in [0.25, 0.3) is 0 Å². The molecule has 0 aromatic rings. The van der Waals surface area contributed by atoms with Crippen LogP contribution in [0.5, 0.6) is 0 Å². The van der Waals surface area contributed by atoms with Crippen LogP contribution >= 0.6 is 0 Å². The van der Waals surface area contributed by atoms with E-state index in [-0.39, 0.29) is 19.1 Å². The van der Waals surface area contributed by atoms with Crippen LogP contribution in [0.15, 0.2) is 4.99 Å². The first-order valence-corrected chi connectivity index (χ1v) is 9.18. The number of guanidine groups is 1. The number of aliphatic hydroxyl groups excluding tert-OH is 1. The van der Waals surface area contributed by atoms with Gasteiger partial charge >= 0.3 is 5.97 Å². The van der Waals surface area contributed by atoms with Gasteiger partial charge in [0.2, 0.25) is 0 Å². The molecule has 0 aliphatic carbocycles. The topological polar surface area (TPSA) is 143 Å². The molecule has 0 aliphatic rings. The zero-order valence-corrected chi connectivity index (χ0v) is 15.6. The SMILES string of the molecule is CCCCC(CC)COCC(O)CN[C@@H](CCCN=C(N)N)C(=O)O. The molecule has 0 fully saturated rings. The lowest BCUT2D eigenvalue weighted by Gasteiger charge is -2.19. The molecule has 3 atom stereocenters. The van der Waals surface area contributed by atoms with Crippen LogP contribution in [0, 0.1) is 5.92 Å². The van der Waals surface area contributed by atoms with Gasteiger partial charge in [-0.05, 0) is 25.2 Å². The van der Waals surface area contributed by atoms with Crippen molar-refractivity contribution in [2.45, 2.75) is 64.5 Å². The molecule has 0 heterocycles. The molecular formula is C17H36N4O4. The van der Waals surface area contributed by atoms with E-state index >= 15 is 0 Å². The van der Waals surface area contributed by atoms with Crippen LogP contribution in [0.2, 0.25) is 0 Å². The summed E-state index contributed by atoms with van der Waals surface area (Å²) < 4.78 is 5.58. The fourth-order valence-corrected chi connectivity index (χ4v) is 2.42. The molecule has 0 rings (SSSR count). The van der Waals surface area contributed by atoms with Crippen molar-refractivity contribution >= 4 is 11.9 Å². The molecule has 2 unspecified atom stereocenters. The summed E-state index contributed by atoms with van der Waals surface area (Å²) in [4.78, 5) is 15.0. The average Bonchev–Trinajstić information content (AvgIpc) is 2.56. The van der Waals surface area contributed by atoms with Gasteiger partial charge in [-0.25, -0.2) is 0 Å². The van der Waals surface area contributed by atoms with E-state index in [0.29, 0.717) is 31.9 Å². The third-order valence-corrected chi connectivity index (χ3v) is 4.05. The van der Waals surface area contributed by atoms with Crippen molar-refractivity contribution in [1.82, 2.24) is 5.32 Å². The number of carboxylic acids is 1. The number of aliphatic carboxylic acids is 1. The van der Waals surface area contributed by atoms with Crippen molar-refractivity contribution in [2.24, 2.45) is 22.4 Å². The number of aliphatic hydroxyl groups is 1. The Hall–Kier alpha value is -1.38. The van der Waals surface area contributed by atoms with E-state index in [2.05, 4.69) is 24.2 Å². The molecule has 8 nitrogen and oxygen atoms in total. The summed E-state index contributed by atoms with van der Waals surface area (Å²) in [7, 11) is 0. The Labute approximate surface area is 151 Å². The fourth-order valence-electron chi connectivity index (χ4n) is 2.42. The van der Waals surface area contributed by atoms with Gasteiger partial charge < -0.3 is 31.7 Å². The predicted octanol–water partition coefficient (Wildman–Crippen LogP) is 0.677. The Bertz CT molecular complexity index is 376. The number of nitrogens with two attached hydrogens (primary N) is 2. The van der Waals surface area contributed by atoms with E-state index < -0.39 is 18.1 Å². The highest BCUT2D eigenvalue weighted by atomic mass is 16.5. The zero-order chi connectivity index (χ0) is 19.1. The highest BCUT2D eigenvalue weighted by molar-refractivity contribution is 5.75. The van der Waals surface area contributed by atoms with Crippen LogP contribution in [0.1, 0.15) is 52.4 Å². The summed E-state index contributed by atoms with van der Waals surface area (Å²) >= 11 is 0. The molecule has 0 amide bonds. The van der Waals surface area contributed by atoms with Crippen molar-refractivity contribution in [2.75, 3.05) is 26.3 Å². The molecule has 0 aromatic heterocycles. The summed E-state index contributed by atoms with van der Waals surface area (Å²) in [6.45, 7) is 5.70. The fraction of sp³-hybridized carbons (Fsp3) is 0.882. The third-order valence-electron chi connectivity index (χ3n) is 4.05.